The third-order valence-corrected chi connectivity index (χ3v) is 7.00. The Morgan fingerprint density at radius 2 is 1.25 bits per heavy atom. The summed E-state index contributed by atoms with van der Waals surface area (Å²) in [6.07, 6.45) is 4.99. The second-order valence-corrected chi connectivity index (χ2v) is 9.50. The highest BCUT2D eigenvalue weighted by Crippen LogP contribution is 2.38. The molecule has 1 saturated carbocycles. The highest BCUT2D eigenvalue weighted by atomic mass is 16.5. The number of ether oxygens (including phenoxy) is 2. The van der Waals surface area contributed by atoms with Crippen molar-refractivity contribution in [3.05, 3.63) is 120 Å². The fraction of sp³-hybridized carbons (Fsp3) is 0.219. The topological polar surface area (TPSA) is 36.3 Å². The normalized spacial score (nSPS) is 13.8. The van der Waals surface area contributed by atoms with Crippen LogP contribution in [0.4, 0.5) is 0 Å². The van der Waals surface area contributed by atoms with Gasteiger partial charge in [-0.3, -0.25) is 0 Å². The molecule has 0 saturated heterocycles. The molecule has 0 unspecified atom stereocenters. The van der Waals surface area contributed by atoms with Gasteiger partial charge in [-0.05, 0) is 60.4 Å². The predicted octanol–water partition coefficient (Wildman–Crippen LogP) is 7.84. The van der Waals surface area contributed by atoms with Crippen molar-refractivity contribution < 1.29 is 9.47 Å². The monoisotopic (exact) mass is 474 g/mol. The molecule has 0 atom stereocenters. The lowest BCUT2D eigenvalue weighted by Crippen LogP contribution is -2.00. The van der Waals surface area contributed by atoms with Crippen molar-refractivity contribution in [1.29, 1.82) is 0 Å². The summed E-state index contributed by atoms with van der Waals surface area (Å²) in [5.41, 5.74) is 5.63. The van der Waals surface area contributed by atoms with E-state index in [-0.39, 0.29) is 0 Å². The fourth-order valence-electron chi connectivity index (χ4n) is 5.07. The fourth-order valence-corrected chi connectivity index (χ4v) is 5.07. The summed E-state index contributed by atoms with van der Waals surface area (Å²) in [4.78, 5) is 0. The van der Waals surface area contributed by atoms with Crippen LogP contribution in [-0.2, 0) is 13.2 Å². The zero-order valence-corrected chi connectivity index (χ0v) is 20.3. The van der Waals surface area contributed by atoms with E-state index < -0.39 is 0 Å². The van der Waals surface area contributed by atoms with Crippen molar-refractivity contribution in [2.24, 2.45) is 0 Å². The van der Waals surface area contributed by atoms with E-state index in [2.05, 4.69) is 59.3 Å². The molecule has 5 aromatic rings. The Hall–Kier alpha value is -4.05. The first-order valence-electron chi connectivity index (χ1n) is 12.8. The van der Waals surface area contributed by atoms with Crippen LogP contribution in [-0.4, -0.2) is 9.78 Å². The van der Waals surface area contributed by atoms with Gasteiger partial charge in [-0.25, -0.2) is 4.68 Å². The van der Waals surface area contributed by atoms with E-state index in [4.69, 9.17) is 14.6 Å². The van der Waals surface area contributed by atoms with Gasteiger partial charge in [-0.1, -0.05) is 73.5 Å². The van der Waals surface area contributed by atoms with E-state index in [1.807, 2.05) is 48.5 Å². The summed E-state index contributed by atoms with van der Waals surface area (Å²) >= 11 is 0. The van der Waals surface area contributed by atoms with Crippen LogP contribution in [0.5, 0.6) is 11.5 Å². The van der Waals surface area contributed by atoms with Crippen LogP contribution in [0.2, 0.25) is 0 Å². The molecule has 180 valence electrons. The highest BCUT2D eigenvalue weighted by Gasteiger charge is 2.24. The third-order valence-electron chi connectivity index (χ3n) is 7.00. The molecule has 0 spiro atoms. The van der Waals surface area contributed by atoms with E-state index in [0.717, 1.165) is 33.8 Å². The van der Waals surface area contributed by atoms with Gasteiger partial charge in [0.15, 0.2) is 0 Å². The molecule has 36 heavy (non-hydrogen) atoms. The van der Waals surface area contributed by atoms with Gasteiger partial charge in [0.1, 0.15) is 24.7 Å². The van der Waals surface area contributed by atoms with Crippen LogP contribution < -0.4 is 9.47 Å². The summed E-state index contributed by atoms with van der Waals surface area (Å²) in [5.74, 6) is 2.23. The van der Waals surface area contributed by atoms with Crippen molar-refractivity contribution in [3.63, 3.8) is 0 Å². The number of nitrogens with zero attached hydrogens (tertiary/aromatic N) is 2. The van der Waals surface area contributed by atoms with Crippen LogP contribution in [0.3, 0.4) is 0 Å². The highest BCUT2D eigenvalue weighted by molar-refractivity contribution is 5.85. The largest absolute Gasteiger partial charge is 0.489 e. The number of benzene rings is 4. The van der Waals surface area contributed by atoms with Gasteiger partial charge in [0, 0.05) is 17.4 Å². The molecule has 1 aliphatic rings. The Morgan fingerprint density at radius 3 is 1.89 bits per heavy atom. The van der Waals surface area contributed by atoms with Crippen LogP contribution in [0.1, 0.15) is 48.4 Å². The Balaban J connectivity index is 1.29. The van der Waals surface area contributed by atoms with Gasteiger partial charge in [-0.2, -0.15) is 5.10 Å². The Bertz CT molecular complexity index is 1420. The van der Waals surface area contributed by atoms with Gasteiger partial charge >= 0.3 is 0 Å². The van der Waals surface area contributed by atoms with Crippen molar-refractivity contribution >= 4 is 10.9 Å². The van der Waals surface area contributed by atoms with Crippen molar-refractivity contribution in [1.82, 2.24) is 9.78 Å². The van der Waals surface area contributed by atoms with E-state index in [1.165, 1.54) is 36.8 Å². The number of hydrogen-bond acceptors (Lipinski definition) is 3. The Kier molecular flexibility index (Phi) is 6.41. The van der Waals surface area contributed by atoms with Gasteiger partial charge in [0.2, 0.25) is 0 Å². The Labute approximate surface area is 212 Å². The summed E-state index contributed by atoms with van der Waals surface area (Å²) in [6, 6.07) is 35.1. The smallest absolute Gasteiger partial charge is 0.122 e. The molecule has 0 N–H and O–H groups in total. The molecule has 1 fully saturated rings. The molecule has 0 aliphatic heterocycles. The lowest BCUT2D eigenvalue weighted by atomic mass is 10.0. The van der Waals surface area contributed by atoms with Gasteiger partial charge < -0.3 is 9.47 Å². The van der Waals surface area contributed by atoms with Crippen molar-refractivity contribution in [3.8, 4) is 17.2 Å². The van der Waals surface area contributed by atoms with Crippen LogP contribution in [0.25, 0.3) is 16.6 Å². The molecule has 4 aromatic carbocycles. The van der Waals surface area contributed by atoms with E-state index in [1.54, 1.807) is 0 Å². The SMILES string of the molecule is c1ccc(COc2ccc(-n3nc(C4CCCC4)c4ccc(OCc5ccccc5)cc43)cc2)cc1. The molecule has 4 heteroatoms. The van der Waals surface area contributed by atoms with E-state index in [9.17, 15) is 0 Å². The molecule has 4 nitrogen and oxygen atoms in total. The van der Waals surface area contributed by atoms with E-state index >= 15 is 0 Å². The zero-order valence-electron chi connectivity index (χ0n) is 20.3. The van der Waals surface area contributed by atoms with Crippen molar-refractivity contribution in [2.45, 2.75) is 44.8 Å². The zero-order chi connectivity index (χ0) is 24.2. The molecule has 6 rings (SSSR count). The van der Waals surface area contributed by atoms with Crippen LogP contribution in [0.15, 0.2) is 103 Å². The number of aromatic nitrogens is 2. The minimum atomic E-state index is 0.526. The molecule has 0 bridgehead atoms. The first-order chi connectivity index (χ1) is 17.8. The summed E-state index contributed by atoms with van der Waals surface area (Å²) < 4.78 is 14.2. The van der Waals surface area contributed by atoms with Crippen LogP contribution in [0, 0.1) is 0 Å². The molecular weight excluding hydrogens is 444 g/mol. The molecule has 1 aromatic heterocycles. The average molecular weight is 475 g/mol. The number of fused-ring (bicyclic) bond motifs is 1. The molecule has 1 heterocycles. The minimum absolute atomic E-state index is 0.526. The van der Waals surface area contributed by atoms with Crippen LogP contribution >= 0.6 is 0 Å². The third kappa shape index (κ3) is 4.85. The first-order valence-corrected chi connectivity index (χ1v) is 12.8. The lowest BCUT2D eigenvalue weighted by Gasteiger charge is -2.09. The van der Waals surface area contributed by atoms with E-state index in [0.29, 0.717) is 19.1 Å². The standard InChI is InChI=1S/C32H30N2O2/c1-3-9-24(10-4-1)22-35-28-17-15-27(16-18-28)34-31-21-29(36-23-25-11-5-2-6-12-25)19-20-30(31)32(33-34)26-13-7-8-14-26/h1-6,9-12,15-21,26H,7-8,13-14,22-23H2. The number of rotatable bonds is 8. The summed E-state index contributed by atoms with van der Waals surface area (Å²) in [7, 11) is 0. The second kappa shape index (κ2) is 10.3. The number of hydrogen-bond donors (Lipinski definition) is 0. The molecule has 1 aliphatic carbocycles. The molecule has 0 radical (unpaired) electrons. The second-order valence-electron chi connectivity index (χ2n) is 9.50. The lowest BCUT2D eigenvalue weighted by molar-refractivity contribution is 0.306. The average Bonchev–Trinajstić information content (AvgIpc) is 3.60. The maximum atomic E-state index is 6.16. The van der Waals surface area contributed by atoms with Gasteiger partial charge in [0.25, 0.3) is 0 Å². The summed E-state index contributed by atoms with van der Waals surface area (Å²) in [5, 5.41) is 6.37. The quantitative estimate of drug-likeness (QED) is 0.230. The maximum Gasteiger partial charge on any atom is 0.122 e. The Morgan fingerprint density at radius 1 is 0.667 bits per heavy atom. The summed E-state index contributed by atoms with van der Waals surface area (Å²) in [6.45, 7) is 1.10. The minimum Gasteiger partial charge on any atom is -0.489 e. The van der Waals surface area contributed by atoms with Gasteiger partial charge in [-0.15, -0.1) is 0 Å². The predicted molar refractivity (Wildman–Crippen MR) is 144 cm³/mol. The maximum absolute atomic E-state index is 6.16. The van der Waals surface area contributed by atoms with Gasteiger partial charge in [0.05, 0.1) is 16.9 Å². The molecule has 0 amide bonds. The molecular formula is C32H30N2O2. The van der Waals surface area contributed by atoms with Crippen molar-refractivity contribution in [2.75, 3.05) is 0 Å². The first kappa shape index (κ1) is 22.4.